The van der Waals surface area contributed by atoms with Gasteiger partial charge < -0.3 is 15.5 Å². The maximum absolute atomic E-state index is 12.1. The van der Waals surface area contributed by atoms with Crippen molar-refractivity contribution in [3.63, 3.8) is 0 Å². The van der Waals surface area contributed by atoms with Crippen LogP contribution in [-0.2, 0) is 4.79 Å². The Bertz CT molecular complexity index is 484. The Morgan fingerprint density at radius 1 is 0.514 bits per heavy atom. The molecule has 0 saturated heterocycles. The van der Waals surface area contributed by atoms with Crippen molar-refractivity contribution in [2.75, 3.05) is 26.7 Å². The number of nitrogens with zero attached hydrogens (tertiary/aromatic N) is 2. The molecule has 5 heteroatoms. The summed E-state index contributed by atoms with van der Waals surface area (Å²) in [6, 6.07) is -0.304. The van der Waals surface area contributed by atoms with Gasteiger partial charge in [0, 0.05) is 33.1 Å². The molecule has 0 bridgehead atoms. The molecule has 3 amide bonds. The Morgan fingerprint density at radius 3 is 1.29 bits per heavy atom. The van der Waals surface area contributed by atoms with Crippen molar-refractivity contribution in [1.29, 1.82) is 0 Å². The lowest BCUT2D eigenvalue weighted by molar-refractivity contribution is -0.130. The van der Waals surface area contributed by atoms with Crippen LogP contribution in [0.2, 0.25) is 0 Å². The Morgan fingerprint density at radius 2 is 0.886 bits per heavy atom. The van der Waals surface area contributed by atoms with Gasteiger partial charge in [-0.3, -0.25) is 4.79 Å². The first kappa shape index (κ1) is 33.7. The molecule has 0 radical (unpaired) electrons. The van der Waals surface area contributed by atoms with Crippen molar-refractivity contribution >= 4 is 11.9 Å². The van der Waals surface area contributed by atoms with Gasteiger partial charge in [-0.2, -0.15) is 0 Å². The maximum atomic E-state index is 12.1. The minimum atomic E-state index is -0.304. The third kappa shape index (κ3) is 22.9. The number of primary amides is 1. The summed E-state index contributed by atoms with van der Waals surface area (Å²) in [6.45, 7) is 6.76. The molecule has 0 aromatic carbocycles. The van der Waals surface area contributed by atoms with Crippen molar-refractivity contribution < 1.29 is 9.59 Å². The molecule has 0 heterocycles. The quantitative estimate of drug-likeness (QED) is 0.122. The number of hydrogen-bond acceptors (Lipinski definition) is 2. The molecule has 0 aliphatic heterocycles. The number of unbranched alkanes of at least 4 members (excludes halogenated alkanes) is 18. The standard InChI is InChI=1S/C30H61N3O2/c1-4-6-8-9-10-11-12-13-14-15-16-17-18-19-20-23-27-33(30(31)35)28-24-21-22-25-29(34)32(3)26-7-5-2/h4-28H2,1-3H3,(H2,31,35). The highest BCUT2D eigenvalue weighted by Gasteiger charge is 2.10. The van der Waals surface area contributed by atoms with Gasteiger partial charge in [-0.25, -0.2) is 4.79 Å². The van der Waals surface area contributed by atoms with Crippen LogP contribution >= 0.6 is 0 Å². The summed E-state index contributed by atoms with van der Waals surface area (Å²) in [5.41, 5.74) is 5.58. The van der Waals surface area contributed by atoms with E-state index in [1.807, 2.05) is 11.9 Å². The number of hydrogen-bond donors (Lipinski definition) is 1. The molecule has 0 unspecified atom stereocenters. The van der Waals surface area contributed by atoms with Crippen molar-refractivity contribution in [3.8, 4) is 0 Å². The van der Waals surface area contributed by atoms with E-state index in [1.54, 1.807) is 4.90 Å². The van der Waals surface area contributed by atoms with Gasteiger partial charge in [0.2, 0.25) is 5.91 Å². The number of carbonyl (C=O) groups is 2. The lowest BCUT2D eigenvalue weighted by Gasteiger charge is -2.20. The lowest BCUT2D eigenvalue weighted by atomic mass is 10.0. The molecule has 0 saturated carbocycles. The Balaban J connectivity index is 3.54. The molecular formula is C30H61N3O2. The summed E-state index contributed by atoms with van der Waals surface area (Å²) >= 11 is 0. The number of amides is 3. The van der Waals surface area contributed by atoms with E-state index in [4.69, 9.17) is 5.73 Å². The minimum Gasteiger partial charge on any atom is -0.351 e. The molecule has 5 nitrogen and oxygen atoms in total. The van der Waals surface area contributed by atoms with Crippen LogP contribution in [0.15, 0.2) is 0 Å². The first-order valence-electron chi connectivity index (χ1n) is 15.3. The second kappa shape index (κ2) is 25.8. The van der Waals surface area contributed by atoms with Crippen LogP contribution in [0.4, 0.5) is 4.79 Å². The SMILES string of the molecule is CCCCCCCCCCCCCCCCCCN(CCCCCC(=O)N(C)CCCC)C(N)=O. The highest BCUT2D eigenvalue weighted by molar-refractivity contribution is 5.75. The topological polar surface area (TPSA) is 66.6 Å². The van der Waals surface area contributed by atoms with Gasteiger partial charge in [0.1, 0.15) is 0 Å². The van der Waals surface area contributed by atoms with Crippen LogP contribution in [-0.4, -0.2) is 48.4 Å². The number of urea groups is 1. The van der Waals surface area contributed by atoms with Gasteiger partial charge in [-0.1, -0.05) is 123 Å². The molecule has 0 aliphatic carbocycles. The summed E-state index contributed by atoms with van der Waals surface area (Å²) in [5, 5.41) is 0. The summed E-state index contributed by atoms with van der Waals surface area (Å²) in [6.07, 6.45) is 27.2. The van der Waals surface area contributed by atoms with Crippen LogP contribution in [0.25, 0.3) is 0 Å². The third-order valence-electron chi connectivity index (χ3n) is 7.18. The van der Waals surface area contributed by atoms with E-state index >= 15 is 0 Å². The molecule has 0 rings (SSSR count). The molecule has 35 heavy (non-hydrogen) atoms. The van der Waals surface area contributed by atoms with Crippen molar-refractivity contribution in [2.45, 2.75) is 155 Å². The van der Waals surface area contributed by atoms with Crippen LogP contribution < -0.4 is 5.73 Å². The molecule has 0 fully saturated rings. The maximum Gasteiger partial charge on any atom is 0.314 e. The molecule has 2 N–H and O–H groups in total. The molecule has 208 valence electrons. The predicted octanol–water partition coefficient (Wildman–Crippen LogP) is 8.45. The predicted molar refractivity (Wildman–Crippen MR) is 152 cm³/mol. The number of nitrogens with two attached hydrogens (primary N) is 1. The molecule has 0 spiro atoms. The Labute approximate surface area is 219 Å². The summed E-state index contributed by atoms with van der Waals surface area (Å²) in [4.78, 5) is 27.4. The lowest BCUT2D eigenvalue weighted by Crippen LogP contribution is -2.37. The first-order chi connectivity index (χ1) is 17.0. The van der Waals surface area contributed by atoms with Gasteiger partial charge in [-0.15, -0.1) is 0 Å². The Kier molecular flexibility index (Phi) is 24.9. The monoisotopic (exact) mass is 495 g/mol. The van der Waals surface area contributed by atoms with E-state index in [2.05, 4.69) is 13.8 Å². The van der Waals surface area contributed by atoms with Gasteiger partial charge in [0.05, 0.1) is 0 Å². The zero-order valence-electron chi connectivity index (χ0n) is 24.0. The van der Waals surface area contributed by atoms with Crippen molar-refractivity contribution in [2.24, 2.45) is 5.73 Å². The second-order valence-corrected chi connectivity index (χ2v) is 10.6. The summed E-state index contributed by atoms with van der Waals surface area (Å²) in [7, 11) is 1.89. The van der Waals surface area contributed by atoms with Gasteiger partial charge >= 0.3 is 6.03 Å². The number of rotatable bonds is 26. The second-order valence-electron chi connectivity index (χ2n) is 10.6. The largest absolute Gasteiger partial charge is 0.351 e. The third-order valence-corrected chi connectivity index (χ3v) is 7.18. The van der Waals surface area contributed by atoms with E-state index in [9.17, 15) is 9.59 Å². The normalized spacial score (nSPS) is 11.1. The van der Waals surface area contributed by atoms with E-state index in [-0.39, 0.29) is 11.9 Å². The zero-order valence-corrected chi connectivity index (χ0v) is 24.0. The fourth-order valence-electron chi connectivity index (χ4n) is 4.65. The highest BCUT2D eigenvalue weighted by atomic mass is 16.2. The van der Waals surface area contributed by atoms with E-state index in [0.717, 1.165) is 51.6 Å². The zero-order chi connectivity index (χ0) is 26.0. The van der Waals surface area contributed by atoms with Crippen LogP contribution in [0.5, 0.6) is 0 Å². The average molecular weight is 496 g/mol. The van der Waals surface area contributed by atoms with Crippen LogP contribution in [0.1, 0.15) is 155 Å². The van der Waals surface area contributed by atoms with Crippen molar-refractivity contribution in [3.05, 3.63) is 0 Å². The fraction of sp³-hybridized carbons (Fsp3) is 0.933. The number of carbonyl (C=O) groups excluding carboxylic acids is 2. The van der Waals surface area contributed by atoms with Gasteiger partial charge in [-0.05, 0) is 25.7 Å². The summed E-state index contributed by atoms with van der Waals surface area (Å²) < 4.78 is 0. The van der Waals surface area contributed by atoms with Crippen LogP contribution in [0.3, 0.4) is 0 Å². The van der Waals surface area contributed by atoms with Crippen LogP contribution in [0, 0.1) is 0 Å². The molecular weight excluding hydrogens is 434 g/mol. The fourth-order valence-corrected chi connectivity index (χ4v) is 4.65. The highest BCUT2D eigenvalue weighted by Crippen LogP contribution is 2.14. The summed E-state index contributed by atoms with van der Waals surface area (Å²) in [5.74, 6) is 0.235. The van der Waals surface area contributed by atoms with E-state index in [1.165, 1.54) is 96.3 Å². The molecule has 0 aliphatic rings. The van der Waals surface area contributed by atoms with Gasteiger partial charge in [0.25, 0.3) is 0 Å². The molecule has 0 aromatic heterocycles. The molecule has 0 aromatic rings. The minimum absolute atomic E-state index is 0.235. The van der Waals surface area contributed by atoms with E-state index < -0.39 is 0 Å². The first-order valence-corrected chi connectivity index (χ1v) is 15.3. The van der Waals surface area contributed by atoms with Gasteiger partial charge in [0.15, 0.2) is 0 Å². The van der Waals surface area contributed by atoms with E-state index in [0.29, 0.717) is 13.0 Å². The Hall–Kier alpha value is -1.26. The molecule has 0 atom stereocenters. The van der Waals surface area contributed by atoms with Crippen molar-refractivity contribution in [1.82, 2.24) is 9.80 Å². The smallest absolute Gasteiger partial charge is 0.314 e. The average Bonchev–Trinajstić information content (AvgIpc) is 2.85.